The minimum absolute atomic E-state index is 0.0336. The number of aromatic nitrogens is 4. The van der Waals surface area contributed by atoms with Gasteiger partial charge in [0, 0.05) is 32.0 Å². The molecule has 4 aromatic rings. The van der Waals surface area contributed by atoms with Crippen molar-refractivity contribution in [2.24, 2.45) is 21.1 Å². The summed E-state index contributed by atoms with van der Waals surface area (Å²) in [6.07, 6.45) is 6.88. The third kappa shape index (κ3) is 15.1. The van der Waals surface area contributed by atoms with E-state index in [0.29, 0.717) is 11.1 Å². The van der Waals surface area contributed by atoms with Crippen molar-refractivity contribution in [1.82, 2.24) is 40.8 Å². The van der Waals surface area contributed by atoms with Crippen LogP contribution in [0.5, 0.6) is 0 Å². The van der Waals surface area contributed by atoms with Gasteiger partial charge >= 0.3 is 23.9 Å². The lowest BCUT2D eigenvalue weighted by Crippen LogP contribution is -2.71. The van der Waals surface area contributed by atoms with Crippen molar-refractivity contribution >= 4 is 150 Å². The number of fused-ring (bicyclic) bond motifs is 1. The zero-order valence-electron chi connectivity index (χ0n) is 45.6. The molecule has 3 aliphatic heterocycles. The van der Waals surface area contributed by atoms with Crippen LogP contribution in [0.4, 0.5) is 10.3 Å². The van der Waals surface area contributed by atoms with Crippen LogP contribution in [0.1, 0.15) is 74.1 Å². The van der Waals surface area contributed by atoms with Gasteiger partial charge in [-0.3, -0.25) is 33.7 Å². The van der Waals surface area contributed by atoms with Gasteiger partial charge in [-0.25, -0.2) is 29.5 Å². The summed E-state index contributed by atoms with van der Waals surface area (Å²) in [7, 11) is 2.39. The lowest BCUT2D eigenvalue weighted by molar-refractivity contribution is -0.174. The van der Waals surface area contributed by atoms with Gasteiger partial charge in [0.25, 0.3) is 23.6 Å². The normalized spacial score (nSPS) is 18.0. The van der Waals surface area contributed by atoms with Crippen molar-refractivity contribution in [3.05, 3.63) is 89.0 Å². The second-order valence-electron chi connectivity index (χ2n) is 19.5. The first-order chi connectivity index (χ1) is 38.9. The summed E-state index contributed by atoms with van der Waals surface area (Å²) in [6, 6.07) is -2.76. The van der Waals surface area contributed by atoms with Crippen molar-refractivity contribution in [1.29, 1.82) is 0 Å². The summed E-state index contributed by atoms with van der Waals surface area (Å²) in [4.78, 5) is 140. The molecule has 1 fully saturated rings. The zero-order chi connectivity index (χ0) is 59.6. The first-order valence-corrected chi connectivity index (χ1v) is 30.0. The maximum atomic E-state index is 14.7. The SMILES string of the molecule is CO/N=C(\C(=O)N[C@H](C(=O)Nc1nc(/C(=N/OC)C(=O)N[C@@H]2C(=O)N3C(C(=O)OCOC(=O)C(C)(C)C)=C(/C=C\c4scnc4C)CS[C@H]23)cs1)[C@@H]1NC(C(=O)OCOC(=O)C(C)(C)C)=C(/C=C\c2scnc2C)CS1)c1csc(N)n1. The maximum absolute atomic E-state index is 14.7. The Balaban J connectivity index is 1.12. The Morgan fingerprint density at radius 1 is 0.744 bits per heavy atom. The van der Waals surface area contributed by atoms with Crippen LogP contribution >= 0.6 is 68.9 Å². The summed E-state index contributed by atoms with van der Waals surface area (Å²) >= 11 is 7.04. The van der Waals surface area contributed by atoms with Gasteiger partial charge in [-0.2, -0.15) is 0 Å². The zero-order valence-corrected chi connectivity index (χ0v) is 50.5. The van der Waals surface area contributed by atoms with Gasteiger partial charge in [0.1, 0.15) is 59.8 Å². The van der Waals surface area contributed by atoms with E-state index in [-0.39, 0.29) is 50.3 Å². The molecule has 3 aliphatic rings. The summed E-state index contributed by atoms with van der Waals surface area (Å²) in [5.41, 5.74) is 8.75. The van der Waals surface area contributed by atoms with Gasteiger partial charge in [-0.1, -0.05) is 22.5 Å². The molecule has 82 heavy (non-hydrogen) atoms. The van der Waals surface area contributed by atoms with Gasteiger partial charge < -0.3 is 55.6 Å². The number of anilines is 2. The van der Waals surface area contributed by atoms with E-state index in [9.17, 15) is 38.4 Å². The number of thioether (sulfide) groups is 2. The monoisotopic (exact) mass is 1240 g/mol. The number of thiazole rings is 4. The van der Waals surface area contributed by atoms with E-state index < -0.39 is 100 Å². The molecule has 1 saturated heterocycles. The number of carbonyl (C=O) groups is 8. The van der Waals surface area contributed by atoms with Crippen LogP contribution < -0.4 is 27.0 Å². The van der Waals surface area contributed by atoms with E-state index in [1.54, 1.807) is 76.9 Å². The van der Waals surface area contributed by atoms with Crippen LogP contribution in [0.3, 0.4) is 0 Å². The largest absolute Gasteiger partial charge is 0.427 e. The number of hydrogen-bond acceptors (Lipinski definition) is 28. The van der Waals surface area contributed by atoms with Crippen LogP contribution in [0, 0.1) is 24.7 Å². The average molecular weight is 1240 g/mol. The van der Waals surface area contributed by atoms with Crippen molar-refractivity contribution in [2.75, 3.05) is 50.4 Å². The molecule has 4 aromatic heterocycles. The van der Waals surface area contributed by atoms with Gasteiger partial charge in [0.05, 0.1) is 33.2 Å². The van der Waals surface area contributed by atoms with Gasteiger partial charge in [0.2, 0.25) is 13.6 Å². The predicted molar refractivity (Wildman–Crippen MR) is 310 cm³/mol. The summed E-state index contributed by atoms with van der Waals surface area (Å²) < 4.78 is 21.1. The molecule has 4 atom stereocenters. The van der Waals surface area contributed by atoms with E-state index >= 15 is 0 Å². The molecule has 0 unspecified atom stereocenters. The Labute approximate surface area is 493 Å². The molecule has 7 heterocycles. The molecule has 436 valence electrons. The Bertz CT molecular complexity index is 3330. The molecule has 6 N–H and O–H groups in total. The van der Waals surface area contributed by atoms with Crippen LogP contribution in [-0.4, -0.2) is 146 Å². The minimum Gasteiger partial charge on any atom is -0.427 e. The number of amides is 4. The number of esters is 4. The summed E-state index contributed by atoms with van der Waals surface area (Å²) in [6.45, 7) is 12.0. The standard InChI is InChI=1S/C50H56N12O14S6/c1-23-29(81-19-52-23)13-11-25-15-77-40(58-31(25)43(67)73-21-75-45(69)49(3,4)5)34(56-37(63)32(60-71-9)27-17-79-47(51)54-27)39(65)59-48-55-28(18-80-48)33(61-72-10)38(64)57-35-41(66)62-36(44(68)74-22-76-46(70)50(6,7)8)26(16-78-42(35)62)12-14-30-24(2)53-20-82-30/h11-14,17-20,34-35,40,42,58H,15-16,21-22H2,1-10H3,(H2,51,54)(H,56,63)(H,57,64)(H,55,59,65)/b13-11-,14-12-,60-32-,61-33-/t34-,35-,40-,42-/m1/s1. The number of nitrogen functional groups attached to an aromatic ring is 1. The van der Waals surface area contributed by atoms with Crippen LogP contribution in [0.2, 0.25) is 0 Å². The number of nitrogens with one attached hydrogen (secondary N) is 4. The lowest BCUT2D eigenvalue weighted by Gasteiger charge is -2.49. The molecule has 4 amide bonds. The number of rotatable bonds is 21. The second-order valence-corrected chi connectivity index (χ2v) is 25.3. The van der Waals surface area contributed by atoms with Crippen LogP contribution in [-0.2, 0) is 67.0 Å². The highest BCUT2D eigenvalue weighted by atomic mass is 32.2. The number of allylic oxidation sites excluding steroid dienone is 2. The van der Waals surface area contributed by atoms with Crippen molar-refractivity contribution in [2.45, 2.75) is 78.2 Å². The van der Waals surface area contributed by atoms with Crippen LogP contribution in [0.15, 0.2) is 66.8 Å². The Kier molecular flexibility index (Phi) is 20.5. The molecule has 0 bridgehead atoms. The molecule has 26 nitrogen and oxygen atoms in total. The molecular formula is C50H56N12O14S6. The smallest absolute Gasteiger partial charge is 0.358 e. The number of β-lactam (4-membered cyclic amide) rings is 1. The average Bonchev–Trinajstić information content (AvgIpc) is 4.47. The van der Waals surface area contributed by atoms with E-state index in [0.717, 1.165) is 55.6 Å². The molecule has 0 spiro atoms. The Morgan fingerprint density at radius 3 is 1.84 bits per heavy atom. The number of carbonyl (C=O) groups excluding carboxylic acids is 8. The fraction of sp³-hybridized carbons (Fsp3) is 0.400. The van der Waals surface area contributed by atoms with Gasteiger partial charge in [-0.05, 0) is 78.7 Å². The molecule has 0 aromatic carbocycles. The molecule has 7 rings (SSSR count). The van der Waals surface area contributed by atoms with Crippen molar-refractivity contribution in [3.63, 3.8) is 0 Å². The topological polar surface area (TPSA) is 346 Å². The number of hydrogen-bond donors (Lipinski definition) is 5. The lowest BCUT2D eigenvalue weighted by atomic mass is 9.97. The number of oxime groups is 2. The van der Waals surface area contributed by atoms with E-state index in [1.807, 2.05) is 13.8 Å². The first-order valence-electron chi connectivity index (χ1n) is 24.4. The maximum Gasteiger partial charge on any atom is 0.358 e. The van der Waals surface area contributed by atoms with Crippen molar-refractivity contribution in [3.8, 4) is 0 Å². The van der Waals surface area contributed by atoms with Gasteiger partial charge in [-0.15, -0.1) is 68.9 Å². The fourth-order valence-corrected chi connectivity index (χ4v) is 12.4. The Hall–Kier alpha value is -7.52. The van der Waals surface area contributed by atoms with Gasteiger partial charge in [0.15, 0.2) is 21.7 Å². The van der Waals surface area contributed by atoms with Crippen LogP contribution in [0.25, 0.3) is 12.2 Å². The number of nitrogens with zero attached hydrogens (tertiary/aromatic N) is 7. The first kappa shape index (κ1) is 62.1. The minimum atomic E-state index is -1.57. The highest BCUT2D eigenvalue weighted by Crippen LogP contribution is 2.41. The highest BCUT2D eigenvalue weighted by molar-refractivity contribution is 8.00. The molecule has 32 heteroatoms. The molecule has 0 radical (unpaired) electrons. The number of ether oxygens (including phenoxy) is 4. The third-order valence-electron chi connectivity index (χ3n) is 11.5. The summed E-state index contributed by atoms with van der Waals surface area (Å²) in [5, 5.41) is 19.7. The van der Waals surface area contributed by atoms with E-state index in [1.165, 1.54) is 64.3 Å². The number of aryl methyl sites for hydroxylation is 2. The summed E-state index contributed by atoms with van der Waals surface area (Å²) in [5.74, 6) is -6.23. The highest BCUT2D eigenvalue weighted by Gasteiger charge is 2.55. The predicted octanol–water partition coefficient (Wildman–Crippen LogP) is 4.71. The van der Waals surface area contributed by atoms with E-state index in [4.69, 9.17) is 34.4 Å². The van der Waals surface area contributed by atoms with Crippen molar-refractivity contribution < 1.29 is 67.0 Å². The Morgan fingerprint density at radius 2 is 1.29 bits per heavy atom. The number of nitrogens with two attached hydrogens (primary N) is 1. The fourth-order valence-electron chi connectivity index (χ4n) is 7.24. The molecule has 0 saturated carbocycles. The molecular weight excluding hydrogens is 1190 g/mol. The molecule has 0 aliphatic carbocycles. The second kappa shape index (κ2) is 27.0. The quantitative estimate of drug-likeness (QED) is 0.0248. The van der Waals surface area contributed by atoms with E-state index in [2.05, 4.69) is 51.5 Å². The third-order valence-corrected chi connectivity index (χ3v) is 17.3.